The van der Waals surface area contributed by atoms with Gasteiger partial charge in [0.2, 0.25) is 5.91 Å². The fraction of sp³-hybridized carbons (Fsp3) is 0.250. The number of fused-ring (bicyclic) bond motifs is 1. The first-order chi connectivity index (χ1) is 17.3. The summed E-state index contributed by atoms with van der Waals surface area (Å²) in [4.78, 5) is 12.8. The maximum absolute atomic E-state index is 14.2. The van der Waals surface area contributed by atoms with Gasteiger partial charge in [-0.2, -0.15) is 0 Å². The van der Waals surface area contributed by atoms with E-state index in [0.717, 1.165) is 27.8 Å². The Morgan fingerprint density at radius 1 is 1.06 bits per heavy atom. The Balaban J connectivity index is 1.65. The van der Waals surface area contributed by atoms with Crippen molar-refractivity contribution in [3.63, 3.8) is 0 Å². The molecule has 0 saturated carbocycles. The Kier molecular flexibility index (Phi) is 7.77. The molecule has 2 atom stereocenters. The number of hydrogen-bond donors (Lipinski definition) is 3. The van der Waals surface area contributed by atoms with Crippen LogP contribution >= 0.6 is 0 Å². The largest absolute Gasteiger partial charge is 0.497 e. The second-order valence-electron chi connectivity index (χ2n) is 8.91. The van der Waals surface area contributed by atoms with Crippen LogP contribution in [-0.4, -0.2) is 37.3 Å². The van der Waals surface area contributed by atoms with Crippen molar-refractivity contribution in [3.8, 4) is 11.5 Å². The predicted octanol–water partition coefficient (Wildman–Crippen LogP) is 3.50. The van der Waals surface area contributed by atoms with E-state index in [0.29, 0.717) is 6.54 Å². The molecule has 6 nitrogen and oxygen atoms in total. The van der Waals surface area contributed by atoms with Gasteiger partial charge in [0.15, 0.2) is 0 Å². The SMILES string of the molecule is COc1cc(C=C2c3ccc(F)cc3C(CC(=O)NCc3ccccc3)C2C)cc(OC)c1B(O)O. The second-order valence-corrected chi connectivity index (χ2v) is 8.91. The molecule has 0 saturated heterocycles. The quantitative estimate of drug-likeness (QED) is 0.422. The van der Waals surface area contributed by atoms with Crippen LogP contribution in [0.15, 0.2) is 60.7 Å². The topological polar surface area (TPSA) is 88.0 Å². The Morgan fingerprint density at radius 3 is 2.33 bits per heavy atom. The van der Waals surface area contributed by atoms with E-state index in [1.165, 1.54) is 26.4 Å². The summed E-state index contributed by atoms with van der Waals surface area (Å²) in [6, 6.07) is 17.7. The first kappa shape index (κ1) is 25.5. The lowest BCUT2D eigenvalue weighted by Crippen LogP contribution is -2.32. The van der Waals surface area contributed by atoms with Gasteiger partial charge in [-0.3, -0.25) is 4.79 Å². The molecule has 0 spiro atoms. The molecule has 1 amide bonds. The maximum atomic E-state index is 14.2. The summed E-state index contributed by atoms with van der Waals surface area (Å²) in [5.74, 6) is -0.154. The number of carbonyl (C=O) groups is 1. The number of nitrogens with one attached hydrogen (secondary N) is 1. The summed E-state index contributed by atoms with van der Waals surface area (Å²) >= 11 is 0. The van der Waals surface area contributed by atoms with E-state index in [1.54, 1.807) is 18.2 Å². The highest BCUT2D eigenvalue weighted by atomic mass is 19.1. The minimum atomic E-state index is -1.76. The molecule has 36 heavy (non-hydrogen) atoms. The van der Waals surface area contributed by atoms with E-state index >= 15 is 0 Å². The summed E-state index contributed by atoms with van der Waals surface area (Å²) in [5, 5.41) is 22.5. The van der Waals surface area contributed by atoms with Gasteiger partial charge in [0.1, 0.15) is 17.3 Å². The fourth-order valence-electron chi connectivity index (χ4n) is 4.88. The van der Waals surface area contributed by atoms with Gasteiger partial charge in [0.25, 0.3) is 0 Å². The number of ether oxygens (including phenoxy) is 2. The lowest BCUT2D eigenvalue weighted by Gasteiger charge is -2.18. The van der Waals surface area contributed by atoms with Crippen molar-refractivity contribution in [2.45, 2.75) is 25.8 Å². The molecule has 1 aliphatic rings. The summed E-state index contributed by atoms with van der Waals surface area (Å²) in [7, 11) is 1.13. The van der Waals surface area contributed by atoms with Crippen LogP contribution in [0.4, 0.5) is 4.39 Å². The van der Waals surface area contributed by atoms with Gasteiger partial charge in [-0.05, 0) is 63.9 Å². The molecule has 4 rings (SSSR count). The van der Waals surface area contributed by atoms with Crippen LogP contribution in [0, 0.1) is 11.7 Å². The van der Waals surface area contributed by atoms with Gasteiger partial charge >= 0.3 is 7.12 Å². The third-order valence-corrected chi connectivity index (χ3v) is 6.70. The van der Waals surface area contributed by atoms with Gasteiger partial charge in [-0.25, -0.2) is 4.39 Å². The summed E-state index contributed by atoms with van der Waals surface area (Å²) in [6.07, 6.45) is 2.17. The van der Waals surface area contributed by atoms with Crippen molar-refractivity contribution in [3.05, 3.63) is 88.7 Å². The van der Waals surface area contributed by atoms with Gasteiger partial charge in [-0.15, -0.1) is 0 Å². The van der Waals surface area contributed by atoms with E-state index in [1.807, 2.05) is 43.3 Å². The average molecular weight is 489 g/mol. The Hall–Kier alpha value is -3.62. The first-order valence-corrected chi connectivity index (χ1v) is 11.8. The number of hydrogen-bond acceptors (Lipinski definition) is 5. The standard InChI is InChI=1S/C28H29BFNO5/c1-17-22(11-19-12-25(35-2)28(29(33)34)26(13-19)36-3)21-10-9-20(30)14-24(21)23(17)15-27(32)31-16-18-7-5-4-6-8-18/h4-14,17,23,33-34H,15-16H2,1-3H3,(H,31,32). The monoisotopic (exact) mass is 489 g/mol. The molecule has 0 fully saturated rings. The average Bonchev–Trinajstić information content (AvgIpc) is 3.12. The minimum Gasteiger partial charge on any atom is -0.497 e. The molecule has 2 unspecified atom stereocenters. The molecule has 3 aromatic rings. The number of amides is 1. The molecule has 0 aromatic heterocycles. The fourth-order valence-corrected chi connectivity index (χ4v) is 4.88. The second kappa shape index (κ2) is 11.0. The molecule has 0 radical (unpaired) electrons. The molecular weight excluding hydrogens is 460 g/mol. The molecule has 0 bridgehead atoms. The number of benzene rings is 3. The van der Waals surface area contributed by atoms with Gasteiger partial charge < -0.3 is 24.8 Å². The van der Waals surface area contributed by atoms with Crippen LogP contribution in [0.5, 0.6) is 11.5 Å². The Labute approximate surface area is 210 Å². The van der Waals surface area contributed by atoms with Crippen molar-refractivity contribution in [2.75, 3.05) is 14.2 Å². The molecule has 3 N–H and O–H groups in total. The van der Waals surface area contributed by atoms with Gasteiger partial charge in [0, 0.05) is 13.0 Å². The number of allylic oxidation sites excluding steroid dienone is 1. The van der Waals surface area contributed by atoms with E-state index < -0.39 is 7.12 Å². The van der Waals surface area contributed by atoms with Crippen LogP contribution in [0.2, 0.25) is 0 Å². The minimum absolute atomic E-state index is 0.0654. The number of halogens is 1. The van der Waals surface area contributed by atoms with Crippen molar-refractivity contribution in [1.82, 2.24) is 5.32 Å². The van der Waals surface area contributed by atoms with Crippen molar-refractivity contribution >= 4 is 30.1 Å². The number of rotatable bonds is 8. The molecule has 3 aromatic carbocycles. The van der Waals surface area contributed by atoms with E-state index in [9.17, 15) is 19.2 Å². The molecule has 8 heteroatoms. The molecule has 1 aliphatic carbocycles. The predicted molar refractivity (Wildman–Crippen MR) is 138 cm³/mol. The number of carbonyl (C=O) groups excluding carboxylic acids is 1. The van der Waals surface area contributed by atoms with Crippen molar-refractivity contribution in [2.24, 2.45) is 5.92 Å². The Bertz CT molecular complexity index is 1250. The van der Waals surface area contributed by atoms with Crippen LogP contribution in [0.3, 0.4) is 0 Å². The van der Waals surface area contributed by atoms with E-state index in [4.69, 9.17) is 9.47 Å². The Morgan fingerprint density at radius 2 is 1.72 bits per heavy atom. The lowest BCUT2D eigenvalue weighted by molar-refractivity contribution is -0.121. The zero-order valence-electron chi connectivity index (χ0n) is 20.5. The molecule has 186 valence electrons. The highest BCUT2D eigenvalue weighted by Gasteiger charge is 2.35. The zero-order valence-corrected chi connectivity index (χ0v) is 20.5. The normalized spacial score (nSPS) is 17.6. The van der Waals surface area contributed by atoms with E-state index in [-0.39, 0.29) is 46.9 Å². The third-order valence-electron chi connectivity index (χ3n) is 6.70. The summed E-state index contributed by atoms with van der Waals surface area (Å²) in [6.45, 7) is 2.46. The van der Waals surface area contributed by atoms with E-state index in [2.05, 4.69) is 5.32 Å². The lowest BCUT2D eigenvalue weighted by atomic mass is 9.78. The van der Waals surface area contributed by atoms with Gasteiger partial charge in [0.05, 0.1) is 19.7 Å². The van der Waals surface area contributed by atoms with Crippen LogP contribution in [-0.2, 0) is 11.3 Å². The maximum Gasteiger partial charge on any atom is 0.496 e. The highest BCUT2D eigenvalue weighted by molar-refractivity contribution is 6.61. The molecular formula is C28H29BFNO5. The van der Waals surface area contributed by atoms with Crippen molar-refractivity contribution < 1.29 is 28.7 Å². The third kappa shape index (κ3) is 5.30. The zero-order chi connectivity index (χ0) is 25.8. The van der Waals surface area contributed by atoms with Crippen LogP contribution in [0.25, 0.3) is 11.6 Å². The molecule has 0 aliphatic heterocycles. The number of methoxy groups -OCH3 is 2. The first-order valence-electron chi connectivity index (χ1n) is 11.8. The van der Waals surface area contributed by atoms with Gasteiger partial charge in [-0.1, -0.05) is 49.4 Å². The summed E-state index contributed by atoms with van der Waals surface area (Å²) in [5.41, 5.74) is 4.50. The highest BCUT2D eigenvalue weighted by Crippen LogP contribution is 2.48. The smallest absolute Gasteiger partial charge is 0.496 e. The summed E-state index contributed by atoms with van der Waals surface area (Å²) < 4.78 is 25.0. The molecule has 0 heterocycles. The van der Waals surface area contributed by atoms with Crippen molar-refractivity contribution in [1.29, 1.82) is 0 Å². The van der Waals surface area contributed by atoms with Crippen LogP contribution < -0.4 is 20.3 Å². The van der Waals surface area contributed by atoms with Crippen LogP contribution in [0.1, 0.15) is 41.5 Å².